The van der Waals surface area contributed by atoms with Gasteiger partial charge in [0.05, 0.1) is 0 Å². The van der Waals surface area contributed by atoms with Crippen molar-refractivity contribution in [2.45, 2.75) is 60.8 Å². The Morgan fingerprint density at radius 1 is 1.00 bits per heavy atom. The Hall–Kier alpha value is -1.04. The first-order valence-corrected chi connectivity index (χ1v) is 6.95. The fourth-order valence-corrected chi connectivity index (χ4v) is 1.72. The van der Waals surface area contributed by atoms with Crippen LogP contribution in [0, 0.1) is 13.8 Å². The van der Waals surface area contributed by atoms with Crippen LogP contribution in [0.4, 0.5) is 0 Å². The maximum atomic E-state index is 2.33. The first-order chi connectivity index (χ1) is 8.19. The maximum absolute atomic E-state index is 2.33. The van der Waals surface area contributed by atoms with Crippen molar-refractivity contribution in [3.63, 3.8) is 0 Å². The number of hydrogen-bond donors (Lipinski definition) is 0. The summed E-state index contributed by atoms with van der Waals surface area (Å²) in [6.07, 6.45) is 8.17. The van der Waals surface area contributed by atoms with E-state index >= 15 is 0 Å². The zero-order valence-electron chi connectivity index (χ0n) is 12.4. The average molecular weight is 232 g/mol. The van der Waals surface area contributed by atoms with E-state index in [2.05, 4.69) is 52.0 Å². The number of fused-ring (bicyclic) bond motifs is 1. The molecule has 1 aliphatic carbocycles. The molecule has 0 fully saturated rings. The Bertz CT molecular complexity index is 345. The highest BCUT2D eigenvalue weighted by Crippen LogP contribution is 2.22. The number of rotatable bonds is 0. The third kappa shape index (κ3) is 5.21. The lowest BCUT2D eigenvalue weighted by Gasteiger charge is -2.12. The van der Waals surface area contributed by atoms with Crippen LogP contribution in [0.2, 0.25) is 0 Å². The van der Waals surface area contributed by atoms with Gasteiger partial charge >= 0.3 is 0 Å². The molecule has 0 saturated carbocycles. The zero-order chi connectivity index (χ0) is 13.3. The van der Waals surface area contributed by atoms with Crippen LogP contribution in [0.3, 0.4) is 0 Å². The smallest absolute Gasteiger partial charge is 0.0225 e. The first kappa shape index (κ1) is 16.0. The zero-order valence-corrected chi connectivity index (χ0v) is 12.4. The second-order valence-electron chi connectivity index (χ2n) is 4.28. The van der Waals surface area contributed by atoms with Crippen molar-refractivity contribution in [2.75, 3.05) is 0 Å². The van der Waals surface area contributed by atoms with Crippen molar-refractivity contribution in [3.8, 4) is 0 Å². The van der Waals surface area contributed by atoms with Crippen LogP contribution < -0.4 is 0 Å². The minimum atomic E-state index is 1.20. The van der Waals surface area contributed by atoms with Crippen LogP contribution in [0.25, 0.3) is 6.08 Å². The van der Waals surface area contributed by atoms with Gasteiger partial charge in [-0.2, -0.15) is 0 Å². The van der Waals surface area contributed by atoms with Crippen LogP contribution in [-0.2, 0) is 6.42 Å². The molecule has 0 unspecified atom stereocenters. The molecule has 0 aromatic heterocycles. The Balaban J connectivity index is 0.000000450. The summed E-state index contributed by atoms with van der Waals surface area (Å²) in [5.74, 6) is 0. The topological polar surface area (TPSA) is 0 Å². The summed E-state index contributed by atoms with van der Waals surface area (Å²) in [6, 6.07) is 4.62. The van der Waals surface area contributed by atoms with Crippen molar-refractivity contribution in [3.05, 3.63) is 40.5 Å². The maximum Gasteiger partial charge on any atom is -0.0225 e. The summed E-state index contributed by atoms with van der Waals surface area (Å²) in [4.78, 5) is 0. The lowest BCUT2D eigenvalue weighted by molar-refractivity contribution is 0.979. The normalized spacial score (nSPS) is 11.6. The van der Waals surface area contributed by atoms with Crippen LogP contribution in [0.15, 0.2) is 18.2 Å². The minimum absolute atomic E-state index is 1.20. The summed E-state index contributed by atoms with van der Waals surface area (Å²) in [6.45, 7) is 12.6. The molecule has 0 nitrogen and oxygen atoms in total. The largest absolute Gasteiger partial charge is 0.0836 e. The van der Waals surface area contributed by atoms with Gasteiger partial charge in [-0.3, -0.25) is 0 Å². The van der Waals surface area contributed by atoms with E-state index in [4.69, 9.17) is 0 Å². The van der Waals surface area contributed by atoms with Gasteiger partial charge in [-0.15, -0.1) is 0 Å². The fraction of sp³-hybridized carbons (Fsp3) is 0.529. The molecule has 96 valence electrons. The summed E-state index contributed by atoms with van der Waals surface area (Å²) >= 11 is 0. The van der Waals surface area contributed by atoms with E-state index < -0.39 is 0 Å². The highest BCUT2D eigenvalue weighted by atomic mass is 14.1. The van der Waals surface area contributed by atoms with Gasteiger partial charge in [-0.1, -0.05) is 58.4 Å². The predicted octanol–water partition coefficient (Wildman–Crippen LogP) is 5.71. The van der Waals surface area contributed by atoms with Crippen molar-refractivity contribution in [1.29, 1.82) is 0 Å². The van der Waals surface area contributed by atoms with Gasteiger partial charge in [0.25, 0.3) is 0 Å². The molecule has 0 spiro atoms. The van der Waals surface area contributed by atoms with E-state index in [1.807, 2.05) is 13.8 Å². The molecule has 17 heavy (non-hydrogen) atoms. The second-order valence-corrected chi connectivity index (χ2v) is 4.28. The molecule has 0 atom stereocenters. The molecule has 0 amide bonds. The molecule has 1 aromatic rings. The highest BCUT2D eigenvalue weighted by molar-refractivity contribution is 5.58. The van der Waals surface area contributed by atoms with Gasteiger partial charge in [0.2, 0.25) is 0 Å². The van der Waals surface area contributed by atoms with Gasteiger partial charge in [0, 0.05) is 0 Å². The summed E-state index contributed by atoms with van der Waals surface area (Å²) in [5.41, 5.74) is 5.76. The molecule has 0 N–H and O–H groups in total. The van der Waals surface area contributed by atoms with E-state index in [0.29, 0.717) is 0 Å². The van der Waals surface area contributed by atoms with Gasteiger partial charge in [0.1, 0.15) is 0 Å². The average Bonchev–Trinajstić information content (AvgIpc) is 2.34. The van der Waals surface area contributed by atoms with Crippen LogP contribution >= 0.6 is 0 Å². The summed E-state index contributed by atoms with van der Waals surface area (Å²) < 4.78 is 0. The van der Waals surface area contributed by atoms with Gasteiger partial charge in [0.15, 0.2) is 0 Å². The number of hydrogen-bond acceptors (Lipinski definition) is 0. The molecular formula is C17H28. The van der Waals surface area contributed by atoms with E-state index in [9.17, 15) is 0 Å². The first-order valence-electron chi connectivity index (χ1n) is 6.95. The van der Waals surface area contributed by atoms with Gasteiger partial charge in [-0.05, 0) is 48.9 Å². The van der Waals surface area contributed by atoms with Crippen molar-refractivity contribution >= 4 is 6.08 Å². The Kier molecular flexibility index (Phi) is 8.49. The molecule has 1 aromatic carbocycles. The Morgan fingerprint density at radius 2 is 1.53 bits per heavy atom. The van der Waals surface area contributed by atoms with Gasteiger partial charge in [-0.25, -0.2) is 0 Å². The molecule has 0 bridgehead atoms. The van der Waals surface area contributed by atoms with Crippen molar-refractivity contribution < 1.29 is 0 Å². The lowest BCUT2D eigenvalue weighted by atomic mass is 9.93. The minimum Gasteiger partial charge on any atom is -0.0836 e. The van der Waals surface area contributed by atoms with Crippen molar-refractivity contribution in [1.82, 2.24) is 0 Å². The van der Waals surface area contributed by atoms with Crippen LogP contribution in [0.1, 0.15) is 62.8 Å². The third-order valence-corrected chi connectivity index (χ3v) is 2.63. The highest BCUT2D eigenvalue weighted by Gasteiger charge is 2.05. The number of allylic oxidation sites excluding steroid dienone is 1. The summed E-state index contributed by atoms with van der Waals surface area (Å²) in [5, 5.41) is 0. The molecule has 0 saturated heterocycles. The molecule has 0 heteroatoms. The Morgan fingerprint density at radius 3 is 2.12 bits per heavy atom. The molecule has 1 aliphatic rings. The second kappa shape index (κ2) is 9.04. The summed E-state index contributed by atoms with van der Waals surface area (Å²) in [7, 11) is 0. The van der Waals surface area contributed by atoms with Crippen LogP contribution in [-0.4, -0.2) is 0 Å². The number of aryl methyl sites for hydroxylation is 3. The molecule has 0 aliphatic heterocycles. The van der Waals surface area contributed by atoms with Crippen molar-refractivity contribution in [2.24, 2.45) is 0 Å². The quantitative estimate of drug-likeness (QED) is 0.538. The molecular weight excluding hydrogens is 204 g/mol. The van der Waals surface area contributed by atoms with E-state index in [1.165, 1.54) is 41.5 Å². The monoisotopic (exact) mass is 232 g/mol. The van der Waals surface area contributed by atoms with E-state index in [-0.39, 0.29) is 0 Å². The SMILES string of the molecule is CC.CCC.Cc1cc2c(cc1C)CCC=C2. The lowest BCUT2D eigenvalue weighted by Crippen LogP contribution is -1.96. The molecule has 2 rings (SSSR count). The number of benzene rings is 1. The fourth-order valence-electron chi connectivity index (χ4n) is 1.72. The standard InChI is InChI=1S/C12H14.C3H8.C2H6/c1-9-7-11-5-3-4-6-12(11)8-10(9)2;1-3-2;1-2/h3,5,7-8H,4,6H2,1-2H3;3H2,1-2H3;1-2H3. The van der Waals surface area contributed by atoms with Gasteiger partial charge < -0.3 is 0 Å². The predicted molar refractivity (Wildman–Crippen MR) is 80.6 cm³/mol. The Labute approximate surface area is 108 Å². The molecule has 0 heterocycles. The molecule has 0 radical (unpaired) electrons. The van der Waals surface area contributed by atoms with E-state index in [1.54, 1.807) is 0 Å². The van der Waals surface area contributed by atoms with E-state index in [0.717, 1.165) is 0 Å². The van der Waals surface area contributed by atoms with Crippen LogP contribution in [0.5, 0.6) is 0 Å². The third-order valence-electron chi connectivity index (χ3n) is 2.63.